The molecule has 0 aliphatic carbocycles. The van der Waals surface area contributed by atoms with Crippen molar-refractivity contribution in [1.29, 1.82) is 0 Å². The maximum absolute atomic E-state index is 12.8. The monoisotopic (exact) mass is 335 g/mol. The van der Waals surface area contributed by atoms with Crippen molar-refractivity contribution in [2.24, 2.45) is 5.84 Å². The van der Waals surface area contributed by atoms with Crippen LogP contribution in [0, 0.1) is 13.8 Å². The molecule has 2 rings (SSSR count). The number of hydrazine groups is 1. The minimum absolute atomic E-state index is 0.0267. The molecule has 3 N–H and O–H groups in total. The standard InChI is InChI=1S/C15H17N3O4S/c1-10-8-11(2)18(9-13(19)17-16)15(20)14(10)23(21,22)12-6-4-3-5-7-12/h3-8H,9,16H2,1-2H3,(H,17,19). The van der Waals surface area contributed by atoms with Crippen LogP contribution in [0.15, 0.2) is 51.0 Å². The van der Waals surface area contributed by atoms with Crippen LogP contribution in [-0.2, 0) is 21.2 Å². The maximum Gasteiger partial charge on any atom is 0.270 e. The zero-order chi connectivity index (χ0) is 17.2. The Bertz CT molecular complexity index is 902. The first kappa shape index (κ1) is 16.9. The van der Waals surface area contributed by atoms with Crippen LogP contribution in [-0.4, -0.2) is 18.9 Å². The summed E-state index contributed by atoms with van der Waals surface area (Å²) in [6.07, 6.45) is 0. The Morgan fingerprint density at radius 2 is 1.83 bits per heavy atom. The average Bonchev–Trinajstić information content (AvgIpc) is 2.51. The summed E-state index contributed by atoms with van der Waals surface area (Å²) >= 11 is 0. The molecule has 0 saturated heterocycles. The topological polar surface area (TPSA) is 111 Å². The van der Waals surface area contributed by atoms with E-state index in [4.69, 9.17) is 5.84 Å². The third-order valence-corrected chi connectivity index (χ3v) is 5.36. The number of nitrogens with zero attached hydrogens (tertiary/aromatic N) is 1. The molecular weight excluding hydrogens is 318 g/mol. The molecule has 1 amide bonds. The molecule has 0 radical (unpaired) electrons. The van der Waals surface area contributed by atoms with Gasteiger partial charge in [0, 0.05) is 5.69 Å². The molecule has 0 saturated carbocycles. The highest BCUT2D eigenvalue weighted by Gasteiger charge is 2.25. The highest BCUT2D eigenvalue weighted by atomic mass is 32.2. The Kier molecular flexibility index (Phi) is 4.67. The molecule has 2 aromatic rings. The van der Waals surface area contributed by atoms with Crippen molar-refractivity contribution in [2.75, 3.05) is 0 Å². The lowest BCUT2D eigenvalue weighted by atomic mass is 10.2. The Labute approximate surface area is 133 Å². The summed E-state index contributed by atoms with van der Waals surface area (Å²) in [5.41, 5.74) is 1.99. The Hall–Kier alpha value is -2.45. The lowest BCUT2D eigenvalue weighted by Gasteiger charge is -2.14. The molecule has 1 heterocycles. The lowest BCUT2D eigenvalue weighted by Crippen LogP contribution is -2.38. The highest BCUT2D eigenvalue weighted by molar-refractivity contribution is 7.91. The van der Waals surface area contributed by atoms with Gasteiger partial charge in [-0.05, 0) is 37.6 Å². The van der Waals surface area contributed by atoms with E-state index in [1.807, 2.05) is 5.43 Å². The molecule has 0 atom stereocenters. The summed E-state index contributed by atoms with van der Waals surface area (Å²) in [5, 5.41) is 0. The third kappa shape index (κ3) is 3.17. The van der Waals surface area contributed by atoms with Crippen LogP contribution >= 0.6 is 0 Å². The second-order valence-corrected chi connectivity index (χ2v) is 6.96. The van der Waals surface area contributed by atoms with Crippen molar-refractivity contribution in [1.82, 2.24) is 9.99 Å². The molecule has 0 fully saturated rings. The van der Waals surface area contributed by atoms with Crippen LogP contribution in [0.2, 0.25) is 0 Å². The van der Waals surface area contributed by atoms with E-state index in [9.17, 15) is 18.0 Å². The zero-order valence-electron chi connectivity index (χ0n) is 12.7. The predicted octanol–water partition coefficient (Wildman–Crippen LogP) is 0.288. The summed E-state index contributed by atoms with van der Waals surface area (Å²) in [6, 6.07) is 9.25. The van der Waals surface area contributed by atoms with Gasteiger partial charge in [0.2, 0.25) is 9.84 Å². The second-order valence-electron chi connectivity index (χ2n) is 5.07. The number of sulfone groups is 1. The van der Waals surface area contributed by atoms with Gasteiger partial charge in [-0.25, -0.2) is 14.3 Å². The minimum Gasteiger partial charge on any atom is -0.302 e. The van der Waals surface area contributed by atoms with Crippen molar-refractivity contribution in [3.05, 3.63) is 58.0 Å². The van der Waals surface area contributed by atoms with Gasteiger partial charge < -0.3 is 4.57 Å². The number of benzene rings is 1. The largest absolute Gasteiger partial charge is 0.302 e. The van der Waals surface area contributed by atoms with Crippen molar-refractivity contribution >= 4 is 15.7 Å². The second kappa shape index (κ2) is 6.35. The lowest BCUT2D eigenvalue weighted by molar-refractivity contribution is -0.121. The fourth-order valence-corrected chi connectivity index (χ4v) is 3.91. The number of pyridine rings is 1. The Morgan fingerprint density at radius 1 is 1.22 bits per heavy atom. The van der Waals surface area contributed by atoms with E-state index in [2.05, 4.69) is 0 Å². The van der Waals surface area contributed by atoms with E-state index in [1.165, 1.54) is 12.1 Å². The molecule has 122 valence electrons. The van der Waals surface area contributed by atoms with Crippen molar-refractivity contribution in [3.8, 4) is 0 Å². The molecule has 0 bridgehead atoms. The molecular formula is C15H17N3O4S. The summed E-state index contributed by atoms with van der Waals surface area (Å²) < 4.78 is 26.6. The summed E-state index contributed by atoms with van der Waals surface area (Å²) in [5.74, 6) is 4.44. The molecule has 23 heavy (non-hydrogen) atoms. The Morgan fingerprint density at radius 3 is 2.39 bits per heavy atom. The summed E-state index contributed by atoms with van der Waals surface area (Å²) in [7, 11) is -3.98. The predicted molar refractivity (Wildman–Crippen MR) is 84.4 cm³/mol. The fourth-order valence-electron chi connectivity index (χ4n) is 2.34. The van der Waals surface area contributed by atoms with Gasteiger partial charge in [0.1, 0.15) is 11.4 Å². The van der Waals surface area contributed by atoms with Gasteiger partial charge in [0.05, 0.1) is 4.90 Å². The van der Waals surface area contributed by atoms with Gasteiger partial charge in [-0.3, -0.25) is 15.0 Å². The van der Waals surface area contributed by atoms with E-state index in [0.29, 0.717) is 11.3 Å². The third-order valence-electron chi connectivity index (χ3n) is 3.43. The smallest absolute Gasteiger partial charge is 0.270 e. The average molecular weight is 335 g/mol. The fraction of sp³-hybridized carbons (Fsp3) is 0.200. The number of amides is 1. The molecule has 8 heteroatoms. The van der Waals surface area contributed by atoms with E-state index in [1.54, 1.807) is 38.1 Å². The first-order chi connectivity index (χ1) is 10.8. The van der Waals surface area contributed by atoms with E-state index in [0.717, 1.165) is 4.57 Å². The molecule has 7 nitrogen and oxygen atoms in total. The molecule has 1 aromatic carbocycles. The van der Waals surface area contributed by atoms with Crippen LogP contribution in [0.5, 0.6) is 0 Å². The zero-order valence-corrected chi connectivity index (χ0v) is 13.6. The molecule has 0 spiro atoms. The number of nitrogens with two attached hydrogens (primary N) is 1. The number of nitrogens with one attached hydrogen (secondary N) is 1. The maximum atomic E-state index is 12.8. The first-order valence-electron chi connectivity index (χ1n) is 6.79. The van der Waals surface area contributed by atoms with Gasteiger partial charge in [-0.2, -0.15) is 0 Å². The minimum atomic E-state index is -3.98. The number of carbonyl (C=O) groups is 1. The van der Waals surface area contributed by atoms with Gasteiger partial charge in [0.25, 0.3) is 11.5 Å². The van der Waals surface area contributed by atoms with E-state index < -0.39 is 21.3 Å². The number of hydrogen-bond acceptors (Lipinski definition) is 5. The molecule has 0 unspecified atom stereocenters. The Balaban J connectivity index is 2.71. The quantitative estimate of drug-likeness (QED) is 0.474. The summed E-state index contributed by atoms with van der Waals surface area (Å²) in [6.45, 7) is 2.83. The van der Waals surface area contributed by atoms with Crippen LogP contribution < -0.4 is 16.8 Å². The highest BCUT2D eigenvalue weighted by Crippen LogP contribution is 2.21. The van der Waals surface area contributed by atoms with Crippen LogP contribution in [0.4, 0.5) is 0 Å². The molecule has 0 aliphatic heterocycles. The van der Waals surface area contributed by atoms with Gasteiger partial charge in [-0.1, -0.05) is 18.2 Å². The SMILES string of the molecule is Cc1cc(C)n(CC(=O)NN)c(=O)c1S(=O)(=O)c1ccccc1. The molecule has 0 aliphatic rings. The number of hydrogen-bond donors (Lipinski definition) is 2. The van der Waals surface area contributed by atoms with Crippen molar-refractivity contribution in [2.45, 2.75) is 30.2 Å². The van der Waals surface area contributed by atoms with Crippen LogP contribution in [0.25, 0.3) is 0 Å². The van der Waals surface area contributed by atoms with Gasteiger partial charge >= 0.3 is 0 Å². The van der Waals surface area contributed by atoms with Crippen molar-refractivity contribution < 1.29 is 13.2 Å². The van der Waals surface area contributed by atoms with E-state index in [-0.39, 0.29) is 16.3 Å². The van der Waals surface area contributed by atoms with Gasteiger partial charge in [0.15, 0.2) is 0 Å². The van der Waals surface area contributed by atoms with Crippen molar-refractivity contribution in [3.63, 3.8) is 0 Å². The number of aryl methyl sites for hydroxylation is 2. The summed E-state index contributed by atoms with van der Waals surface area (Å²) in [4.78, 5) is 23.8. The number of carbonyl (C=O) groups excluding carboxylic acids is 1. The van der Waals surface area contributed by atoms with Crippen LogP contribution in [0.1, 0.15) is 11.3 Å². The normalized spacial score (nSPS) is 11.3. The number of rotatable bonds is 4. The van der Waals surface area contributed by atoms with E-state index >= 15 is 0 Å². The number of aromatic nitrogens is 1. The van der Waals surface area contributed by atoms with Gasteiger partial charge in [-0.15, -0.1) is 0 Å². The van der Waals surface area contributed by atoms with Crippen LogP contribution in [0.3, 0.4) is 0 Å². The first-order valence-corrected chi connectivity index (χ1v) is 8.28. The molecule has 1 aromatic heterocycles.